The van der Waals surface area contributed by atoms with Crippen molar-refractivity contribution in [3.05, 3.63) is 69.6 Å². The lowest BCUT2D eigenvalue weighted by Crippen LogP contribution is -2.32. The molecular formula is C24H30N2O3. The second-order valence-corrected chi connectivity index (χ2v) is 7.96. The molecule has 5 heteroatoms. The molecule has 29 heavy (non-hydrogen) atoms. The van der Waals surface area contributed by atoms with E-state index in [-0.39, 0.29) is 16.9 Å². The molecule has 1 amide bonds. The first-order valence-electron chi connectivity index (χ1n) is 10.6. The zero-order valence-electron chi connectivity index (χ0n) is 17.2. The second kappa shape index (κ2) is 10.2. The molecule has 0 radical (unpaired) electrons. The third-order valence-electron chi connectivity index (χ3n) is 5.82. The Morgan fingerprint density at radius 3 is 2.52 bits per heavy atom. The zero-order chi connectivity index (χ0) is 20.6. The molecular weight excluding hydrogens is 364 g/mol. The molecule has 154 valence electrons. The summed E-state index contributed by atoms with van der Waals surface area (Å²) in [6.45, 7) is 0.326. The predicted molar refractivity (Wildman–Crippen MR) is 114 cm³/mol. The summed E-state index contributed by atoms with van der Waals surface area (Å²) < 4.78 is 1.47. The summed E-state index contributed by atoms with van der Waals surface area (Å²) in [4.78, 5) is 37.8. The van der Waals surface area contributed by atoms with Crippen molar-refractivity contribution in [3.8, 4) is 0 Å². The molecule has 0 bridgehead atoms. The highest BCUT2D eigenvalue weighted by molar-refractivity contribution is 6.00. The third-order valence-corrected chi connectivity index (χ3v) is 5.82. The van der Waals surface area contributed by atoms with Crippen molar-refractivity contribution in [3.63, 3.8) is 0 Å². The minimum absolute atomic E-state index is 0.00669. The van der Waals surface area contributed by atoms with Crippen LogP contribution < -0.4 is 10.9 Å². The van der Waals surface area contributed by atoms with E-state index in [9.17, 15) is 14.4 Å². The fraction of sp³-hybridized carbons (Fsp3) is 0.458. The molecule has 3 rings (SSSR count). The maximum Gasteiger partial charge on any atom is 0.263 e. The number of Topliss-reactive ketones (excluding diaryl/α,β-unsaturated/α-hetero) is 1. The third kappa shape index (κ3) is 5.66. The van der Waals surface area contributed by atoms with Gasteiger partial charge in [-0.2, -0.15) is 0 Å². The van der Waals surface area contributed by atoms with Gasteiger partial charge in [-0.15, -0.1) is 0 Å². The predicted octanol–water partition coefficient (Wildman–Crippen LogP) is 4.19. The molecule has 1 heterocycles. The molecule has 0 atom stereocenters. The Bertz CT molecular complexity index is 896. The van der Waals surface area contributed by atoms with Gasteiger partial charge in [0.05, 0.1) is 6.54 Å². The second-order valence-electron chi connectivity index (χ2n) is 7.96. The van der Waals surface area contributed by atoms with Crippen LogP contribution >= 0.6 is 0 Å². The van der Waals surface area contributed by atoms with E-state index in [1.807, 2.05) is 30.3 Å². The maximum atomic E-state index is 12.8. The molecule has 1 saturated carbocycles. The summed E-state index contributed by atoms with van der Waals surface area (Å²) in [7, 11) is 1.49. The SMILES string of the molecule is CNC(=O)c1cc(C(=O)CCCC2CCCCC2)cn(Cc2ccccc2)c1=O. The summed E-state index contributed by atoms with van der Waals surface area (Å²) in [5.74, 6) is 0.270. The number of pyridine rings is 1. The van der Waals surface area contributed by atoms with Gasteiger partial charge in [0.2, 0.25) is 0 Å². The van der Waals surface area contributed by atoms with E-state index >= 15 is 0 Å². The molecule has 1 aliphatic carbocycles. The lowest BCUT2D eigenvalue weighted by Gasteiger charge is -2.21. The highest BCUT2D eigenvalue weighted by atomic mass is 16.2. The van der Waals surface area contributed by atoms with Crippen LogP contribution in [-0.4, -0.2) is 23.3 Å². The van der Waals surface area contributed by atoms with E-state index < -0.39 is 5.91 Å². The number of ketones is 1. The van der Waals surface area contributed by atoms with E-state index in [0.717, 1.165) is 24.3 Å². The smallest absolute Gasteiger partial charge is 0.263 e. The van der Waals surface area contributed by atoms with Gasteiger partial charge in [-0.25, -0.2) is 0 Å². The summed E-state index contributed by atoms with van der Waals surface area (Å²) in [5.41, 5.74) is 1.01. The molecule has 2 aromatic rings. The van der Waals surface area contributed by atoms with Crippen molar-refractivity contribution in [1.29, 1.82) is 0 Å². The van der Waals surface area contributed by atoms with Crippen molar-refractivity contribution in [2.24, 2.45) is 5.92 Å². The number of amides is 1. The van der Waals surface area contributed by atoms with Crippen LogP contribution in [0.2, 0.25) is 0 Å². The number of carbonyl (C=O) groups is 2. The molecule has 1 N–H and O–H groups in total. The number of hydrogen-bond acceptors (Lipinski definition) is 3. The molecule has 0 unspecified atom stereocenters. The molecule has 0 saturated heterocycles. The van der Waals surface area contributed by atoms with Crippen molar-refractivity contribution >= 4 is 11.7 Å². The number of hydrogen-bond donors (Lipinski definition) is 1. The standard InChI is InChI=1S/C24H30N2O3/c1-25-23(28)21-15-20(22(27)14-8-13-18-9-4-2-5-10-18)17-26(24(21)29)16-19-11-6-3-7-12-19/h3,6-7,11-12,15,17-18H,2,4-5,8-10,13-14,16H2,1H3,(H,25,28). The highest BCUT2D eigenvalue weighted by Gasteiger charge is 2.18. The fourth-order valence-corrected chi connectivity index (χ4v) is 4.15. The van der Waals surface area contributed by atoms with Gasteiger partial charge in [-0.05, 0) is 24.0 Å². The Kier molecular flexibility index (Phi) is 7.39. The number of carbonyl (C=O) groups excluding carboxylic acids is 2. The van der Waals surface area contributed by atoms with E-state index in [4.69, 9.17) is 0 Å². The molecule has 0 spiro atoms. The number of benzene rings is 1. The number of aromatic nitrogens is 1. The largest absolute Gasteiger partial charge is 0.355 e. The number of nitrogens with one attached hydrogen (secondary N) is 1. The minimum Gasteiger partial charge on any atom is -0.355 e. The zero-order valence-corrected chi connectivity index (χ0v) is 17.2. The summed E-state index contributed by atoms with van der Waals surface area (Å²) >= 11 is 0. The Balaban J connectivity index is 1.77. The summed E-state index contributed by atoms with van der Waals surface area (Å²) in [6, 6.07) is 11.0. The lowest BCUT2D eigenvalue weighted by atomic mass is 9.85. The highest BCUT2D eigenvalue weighted by Crippen LogP contribution is 2.28. The van der Waals surface area contributed by atoms with Crippen LogP contribution in [0.15, 0.2) is 47.4 Å². The maximum absolute atomic E-state index is 12.8. The Morgan fingerprint density at radius 2 is 1.83 bits per heavy atom. The average molecular weight is 395 g/mol. The quantitative estimate of drug-likeness (QED) is 0.683. The van der Waals surface area contributed by atoms with Gasteiger partial charge in [-0.1, -0.05) is 68.9 Å². The van der Waals surface area contributed by atoms with Crippen molar-refractivity contribution in [1.82, 2.24) is 9.88 Å². The van der Waals surface area contributed by atoms with E-state index in [0.29, 0.717) is 18.5 Å². The van der Waals surface area contributed by atoms with Crippen LogP contribution in [0.1, 0.15) is 77.6 Å². The van der Waals surface area contributed by atoms with Crippen LogP contribution in [0, 0.1) is 5.92 Å². The Morgan fingerprint density at radius 1 is 1.10 bits per heavy atom. The molecule has 5 nitrogen and oxygen atoms in total. The first-order chi connectivity index (χ1) is 14.1. The molecule has 1 aliphatic rings. The summed E-state index contributed by atoms with van der Waals surface area (Å²) in [6.07, 6.45) is 10.5. The average Bonchev–Trinajstić information content (AvgIpc) is 2.76. The summed E-state index contributed by atoms with van der Waals surface area (Å²) in [5, 5.41) is 2.50. The number of nitrogens with zero attached hydrogens (tertiary/aromatic N) is 1. The van der Waals surface area contributed by atoms with Crippen molar-refractivity contribution in [2.45, 2.75) is 57.9 Å². The molecule has 1 aromatic carbocycles. The van der Waals surface area contributed by atoms with Crippen LogP contribution in [-0.2, 0) is 6.54 Å². The van der Waals surface area contributed by atoms with Gasteiger partial charge in [0.1, 0.15) is 5.56 Å². The molecule has 1 aromatic heterocycles. The van der Waals surface area contributed by atoms with E-state index in [1.165, 1.54) is 49.8 Å². The van der Waals surface area contributed by atoms with Crippen LogP contribution in [0.5, 0.6) is 0 Å². The Hall–Kier alpha value is -2.69. The van der Waals surface area contributed by atoms with Crippen molar-refractivity contribution in [2.75, 3.05) is 7.05 Å². The lowest BCUT2D eigenvalue weighted by molar-refractivity contribution is 0.0961. The van der Waals surface area contributed by atoms with Gasteiger partial charge >= 0.3 is 0 Å². The van der Waals surface area contributed by atoms with Gasteiger partial charge in [0.25, 0.3) is 11.5 Å². The van der Waals surface area contributed by atoms with E-state index in [2.05, 4.69) is 5.32 Å². The van der Waals surface area contributed by atoms with Crippen LogP contribution in [0.25, 0.3) is 0 Å². The van der Waals surface area contributed by atoms with Gasteiger partial charge in [0.15, 0.2) is 5.78 Å². The van der Waals surface area contributed by atoms with Gasteiger partial charge < -0.3 is 9.88 Å². The topological polar surface area (TPSA) is 68.2 Å². The fourth-order valence-electron chi connectivity index (χ4n) is 4.15. The minimum atomic E-state index is -0.464. The van der Waals surface area contributed by atoms with Gasteiger partial charge in [0, 0.05) is 25.2 Å². The normalized spacial score (nSPS) is 14.5. The van der Waals surface area contributed by atoms with Crippen LogP contribution in [0.4, 0.5) is 0 Å². The molecule has 1 fully saturated rings. The van der Waals surface area contributed by atoms with E-state index in [1.54, 1.807) is 6.20 Å². The number of rotatable bonds is 8. The molecule has 0 aliphatic heterocycles. The first-order valence-corrected chi connectivity index (χ1v) is 10.6. The first kappa shape index (κ1) is 21.0. The monoisotopic (exact) mass is 394 g/mol. The Labute approximate surface area is 172 Å². The van der Waals surface area contributed by atoms with Gasteiger partial charge in [-0.3, -0.25) is 14.4 Å². The van der Waals surface area contributed by atoms with Crippen molar-refractivity contribution < 1.29 is 9.59 Å². The van der Waals surface area contributed by atoms with Crippen LogP contribution in [0.3, 0.4) is 0 Å².